The van der Waals surface area contributed by atoms with E-state index in [-0.39, 0.29) is 11.7 Å². The third-order valence-corrected chi connectivity index (χ3v) is 5.16. The fourth-order valence-corrected chi connectivity index (χ4v) is 2.96. The zero-order valence-electron chi connectivity index (χ0n) is 13.8. The van der Waals surface area contributed by atoms with Crippen molar-refractivity contribution in [2.75, 3.05) is 13.2 Å². The van der Waals surface area contributed by atoms with Gasteiger partial charge in [-0.15, -0.1) is 0 Å². The van der Waals surface area contributed by atoms with Gasteiger partial charge in [0, 0.05) is 18.0 Å². The van der Waals surface area contributed by atoms with Gasteiger partial charge >= 0.3 is 7.12 Å². The van der Waals surface area contributed by atoms with Crippen LogP contribution in [0.5, 0.6) is 0 Å². The molecule has 1 atom stereocenters. The molecule has 2 saturated heterocycles. The molecule has 0 N–H and O–H groups in total. The van der Waals surface area contributed by atoms with Crippen molar-refractivity contribution < 1.29 is 18.4 Å². The molecular formula is C17H24BFO3. The monoisotopic (exact) mass is 306 g/mol. The van der Waals surface area contributed by atoms with Crippen molar-refractivity contribution in [3.05, 3.63) is 29.6 Å². The van der Waals surface area contributed by atoms with Gasteiger partial charge in [0.15, 0.2) is 0 Å². The maximum Gasteiger partial charge on any atom is 0.497 e. The molecule has 0 aromatic heterocycles. The van der Waals surface area contributed by atoms with E-state index in [1.807, 2.05) is 33.8 Å². The highest BCUT2D eigenvalue weighted by Gasteiger charge is 2.52. The van der Waals surface area contributed by atoms with E-state index in [1.165, 1.54) is 0 Å². The molecule has 22 heavy (non-hydrogen) atoms. The fourth-order valence-electron chi connectivity index (χ4n) is 2.96. The van der Waals surface area contributed by atoms with E-state index in [0.29, 0.717) is 12.1 Å². The summed E-state index contributed by atoms with van der Waals surface area (Å²) in [6.45, 7) is 9.37. The highest BCUT2D eigenvalue weighted by molar-refractivity contribution is 6.62. The molecule has 5 heteroatoms. The first kappa shape index (κ1) is 16.0. The van der Waals surface area contributed by atoms with Gasteiger partial charge in [0.1, 0.15) is 5.82 Å². The van der Waals surface area contributed by atoms with E-state index < -0.39 is 18.3 Å². The first-order chi connectivity index (χ1) is 10.3. The minimum atomic E-state index is -0.651. The van der Waals surface area contributed by atoms with Crippen molar-refractivity contribution in [1.82, 2.24) is 0 Å². The number of rotatable bonds is 2. The third kappa shape index (κ3) is 2.82. The van der Waals surface area contributed by atoms with Crippen LogP contribution in [0.1, 0.15) is 52.0 Å². The second-order valence-corrected chi connectivity index (χ2v) is 7.28. The average Bonchev–Trinajstić information content (AvgIpc) is 2.68. The Labute approximate surface area is 132 Å². The lowest BCUT2D eigenvalue weighted by Gasteiger charge is -2.32. The first-order valence-corrected chi connectivity index (χ1v) is 8.03. The van der Waals surface area contributed by atoms with Crippen LogP contribution in [0.25, 0.3) is 0 Å². The zero-order valence-corrected chi connectivity index (χ0v) is 13.8. The van der Waals surface area contributed by atoms with Crippen molar-refractivity contribution in [3.8, 4) is 0 Å². The summed E-state index contributed by atoms with van der Waals surface area (Å²) in [5, 5.41) is 0. The Balaban J connectivity index is 1.81. The van der Waals surface area contributed by atoms with Gasteiger partial charge in [-0.05, 0) is 52.2 Å². The second-order valence-electron chi connectivity index (χ2n) is 7.28. The average molecular weight is 306 g/mol. The van der Waals surface area contributed by atoms with Gasteiger partial charge in [0.05, 0.1) is 17.8 Å². The summed E-state index contributed by atoms with van der Waals surface area (Å²) in [6.07, 6.45) is 2.08. The summed E-state index contributed by atoms with van der Waals surface area (Å²) in [7, 11) is -0.651. The van der Waals surface area contributed by atoms with Crippen LogP contribution in [-0.2, 0) is 14.0 Å². The maximum atomic E-state index is 14.6. The van der Waals surface area contributed by atoms with E-state index in [0.717, 1.165) is 25.0 Å². The molecule has 2 aliphatic rings. The highest BCUT2D eigenvalue weighted by atomic mass is 19.1. The Morgan fingerprint density at radius 2 is 1.82 bits per heavy atom. The molecule has 0 aliphatic carbocycles. The van der Waals surface area contributed by atoms with Crippen molar-refractivity contribution in [3.63, 3.8) is 0 Å². The molecule has 2 fully saturated rings. The standard InChI is InChI=1S/C17H24BFO3/c1-16(2)17(3,4)22-18(21-16)14-8-7-12(10-15(14)19)13-6-5-9-20-11-13/h7-8,10,13H,5-6,9,11H2,1-4H3. The molecule has 1 aromatic rings. The molecule has 0 saturated carbocycles. The Bertz CT molecular complexity index is 537. The van der Waals surface area contributed by atoms with Gasteiger partial charge in [-0.3, -0.25) is 0 Å². The smallest absolute Gasteiger partial charge is 0.399 e. The van der Waals surface area contributed by atoms with Crippen LogP contribution < -0.4 is 5.46 Å². The van der Waals surface area contributed by atoms with Crippen LogP contribution in [0.4, 0.5) is 4.39 Å². The number of hydrogen-bond acceptors (Lipinski definition) is 3. The molecule has 0 bridgehead atoms. The second kappa shape index (κ2) is 5.62. The number of ether oxygens (including phenoxy) is 1. The molecule has 2 heterocycles. The number of halogens is 1. The summed E-state index contributed by atoms with van der Waals surface area (Å²) in [5.41, 5.74) is 0.552. The Morgan fingerprint density at radius 3 is 2.36 bits per heavy atom. The summed E-state index contributed by atoms with van der Waals surface area (Å²) in [4.78, 5) is 0. The van der Waals surface area contributed by atoms with Crippen molar-refractivity contribution in [1.29, 1.82) is 0 Å². The SMILES string of the molecule is CC1(C)OB(c2ccc(C3CCCOC3)cc2F)OC1(C)C. The van der Waals surface area contributed by atoms with Crippen molar-refractivity contribution in [2.45, 2.75) is 57.7 Å². The predicted molar refractivity (Wildman–Crippen MR) is 84.9 cm³/mol. The fraction of sp³-hybridized carbons (Fsp3) is 0.647. The molecule has 0 amide bonds. The van der Waals surface area contributed by atoms with Gasteiger partial charge < -0.3 is 14.0 Å². The van der Waals surface area contributed by atoms with E-state index in [4.69, 9.17) is 14.0 Å². The molecule has 1 aromatic carbocycles. The van der Waals surface area contributed by atoms with Crippen molar-refractivity contribution >= 4 is 12.6 Å². The topological polar surface area (TPSA) is 27.7 Å². The van der Waals surface area contributed by atoms with Gasteiger partial charge in [0.25, 0.3) is 0 Å². The van der Waals surface area contributed by atoms with Gasteiger partial charge in [-0.2, -0.15) is 0 Å². The van der Waals surface area contributed by atoms with Crippen LogP contribution in [0.15, 0.2) is 18.2 Å². The Hall–Kier alpha value is -0.905. The van der Waals surface area contributed by atoms with E-state index in [2.05, 4.69) is 0 Å². The molecule has 0 spiro atoms. The normalized spacial score (nSPS) is 27.1. The van der Waals surface area contributed by atoms with E-state index in [9.17, 15) is 4.39 Å². The highest BCUT2D eigenvalue weighted by Crippen LogP contribution is 2.36. The quantitative estimate of drug-likeness (QED) is 0.786. The van der Waals surface area contributed by atoms with Crippen LogP contribution >= 0.6 is 0 Å². The van der Waals surface area contributed by atoms with E-state index in [1.54, 1.807) is 12.1 Å². The number of hydrogen-bond donors (Lipinski definition) is 0. The molecule has 3 rings (SSSR count). The van der Waals surface area contributed by atoms with Crippen LogP contribution in [0.2, 0.25) is 0 Å². The summed E-state index contributed by atoms with van der Waals surface area (Å²) in [6, 6.07) is 5.38. The van der Waals surface area contributed by atoms with Gasteiger partial charge in [0.2, 0.25) is 0 Å². The number of benzene rings is 1. The van der Waals surface area contributed by atoms with Crippen LogP contribution in [0, 0.1) is 5.82 Å². The minimum absolute atomic E-state index is 0.262. The molecule has 2 aliphatic heterocycles. The van der Waals surface area contributed by atoms with Crippen LogP contribution in [0.3, 0.4) is 0 Å². The molecule has 1 unspecified atom stereocenters. The Morgan fingerprint density at radius 1 is 1.14 bits per heavy atom. The van der Waals surface area contributed by atoms with E-state index >= 15 is 0 Å². The van der Waals surface area contributed by atoms with Crippen molar-refractivity contribution in [2.24, 2.45) is 0 Å². The van der Waals surface area contributed by atoms with Gasteiger partial charge in [-0.25, -0.2) is 4.39 Å². The largest absolute Gasteiger partial charge is 0.497 e. The molecule has 3 nitrogen and oxygen atoms in total. The lowest BCUT2D eigenvalue weighted by atomic mass is 9.77. The maximum absolute atomic E-state index is 14.6. The lowest BCUT2D eigenvalue weighted by Crippen LogP contribution is -2.41. The zero-order chi connectivity index (χ0) is 16.0. The lowest BCUT2D eigenvalue weighted by molar-refractivity contribution is 0.00578. The molecular weight excluding hydrogens is 282 g/mol. The summed E-state index contributed by atoms with van der Waals surface area (Å²) in [5.74, 6) is 0.0252. The molecule has 0 radical (unpaired) electrons. The summed E-state index contributed by atoms with van der Waals surface area (Å²) < 4.78 is 31.9. The van der Waals surface area contributed by atoms with Gasteiger partial charge in [-0.1, -0.05) is 12.1 Å². The third-order valence-electron chi connectivity index (χ3n) is 5.16. The first-order valence-electron chi connectivity index (χ1n) is 8.03. The summed E-state index contributed by atoms with van der Waals surface area (Å²) >= 11 is 0. The van der Waals surface area contributed by atoms with Crippen LogP contribution in [-0.4, -0.2) is 31.5 Å². The minimum Gasteiger partial charge on any atom is -0.399 e. The molecule has 120 valence electrons. The predicted octanol–water partition coefficient (Wildman–Crippen LogP) is 3.02. The Kier molecular flexibility index (Phi) is 4.08.